The fraction of sp³-hybridized carbons (Fsp3) is 0.0769. The maximum atomic E-state index is 13.5. The van der Waals surface area contributed by atoms with Crippen LogP contribution in [0.25, 0.3) is 6.08 Å². The van der Waals surface area contributed by atoms with Crippen LogP contribution in [0.1, 0.15) is 5.56 Å². The third-order valence-electron chi connectivity index (χ3n) is 2.22. The summed E-state index contributed by atoms with van der Waals surface area (Å²) < 4.78 is 18.4. The smallest absolute Gasteiger partial charge is 0.134 e. The average molecular weight is 202 g/mol. The van der Waals surface area contributed by atoms with E-state index in [0.29, 0.717) is 11.3 Å². The molecular weight excluding hydrogens is 191 g/mol. The van der Waals surface area contributed by atoms with Crippen molar-refractivity contribution in [3.8, 4) is 5.75 Å². The standard InChI is InChI=1S/C13H11FO/c1-15-12-7-6-11(13(14)9-12)8-10-4-2-3-5-10/h2-9H,1H3. The molecule has 0 unspecified atom stereocenters. The van der Waals surface area contributed by atoms with Crippen molar-refractivity contribution in [3.63, 3.8) is 0 Å². The Bertz CT molecular complexity index is 442. The van der Waals surface area contributed by atoms with Gasteiger partial charge in [0.25, 0.3) is 0 Å². The number of allylic oxidation sites excluding steroid dienone is 5. The molecule has 0 saturated heterocycles. The highest BCUT2D eigenvalue weighted by Crippen LogP contribution is 2.20. The van der Waals surface area contributed by atoms with Crippen LogP contribution in [0.4, 0.5) is 4.39 Å². The van der Waals surface area contributed by atoms with Crippen molar-refractivity contribution in [2.45, 2.75) is 0 Å². The van der Waals surface area contributed by atoms with E-state index in [1.165, 1.54) is 13.2 Å². The second-order valence-corrected chi connectivity index (χ2v) is 3.25. The number of halogens is 1. The first-order chi connectivity index (χ1) is 7.29. The summed E-state index contributed by atoms with van der Waals surface area (Å²) in [4.78, 5) is 0. The first kappa shape index (κ1) is 9.71. The third-order valence-corrected chi connectivity index (χ3v) is 2.22. The zero-order valence-corrected chi connectivity index (χ0v) is 8.41. The van der Waals surface area contributed by atoms with Gasteiger partial charge in [-0.2, -0.15) is 0 Å². The summed E-state index contributed by atoms with van der Waals surface area (Å²) in [6, 6.07) is 4.84. The molecule has 2 heteroatoms. The molecule has 0 bridgehead atoms. The molecule has 1 aliphatic rings. The maximum absolute atomic E-state index is 13.5. The van der Waals surface area contributed by atoms with Gasteiger partial charge < -0.3 is 4.74 Å². The Kier molecular flexibility index (Phi) is 2.68. The molecule has 0 heterocycles. The Balaban J connectivity index is 2.33. The molecule has 0 saturated carbocycles. The maximum Gasteiger partial charge on any atom is 0.134 e. The van der Waals surface area contributed by atoms with Gasteiger partial charge in [0.1, 0.15) is 11.6 Å². The van der Waals surface area contributed by atoms with Crippen molar-refractivity contribution < 1.29 is 9.13 Å². The van der Waals surface area contributed by atoms with E-state index in [4.69, 9.17) is 4.74 Å². The van der Waals surface area contributed by atoms with Crippen molar-refractivity contribution in [1.29, 1.82) is 0 Å². The fourth-order valence-corrected chi connectivity index (χ4v) is 1.42. The van der Waals surface area contributed by atoms with E-state index in [-0.39, 0.29) is 5.82 Å². The van der Waals surface area contributed by atoms with Crippen molar-refractivity contribution >= 4 is 6.08 Å². The van der Waals surface area contributed by atoms with Crippen LogP contribution >= 0.6 is 0 Å². The van der Waals surface area contributed by atoms with E-state index < -0.39 is 0 Å². The molecule has 0 radical (unpaired) electrons. The van der Waals surface area contributed by atoms with Crippen LogP contribution in [0.15, 0.2) is 48.1 Å². The van der Waals surface area contributed by atoms with Gasteiger partial charge in [0.2, 0.25) is 0 Å². The van der Waals surface area contributed by atoms with Gasteiger partial charge in [-0.15, -0.1) is 0 Å². The predicted octanol–water partition coefficient (Wildman–Crippen LogP) is 3.34. The van der Waals surface area contributed by atoms with Crippen LogP contribution in [-0.4, -0.2) is 7.11 Å². The van der Waals surface area contributed by atoms with E-state index >= 15 is 0 Å². The number of methoxy groups -OCH3 is 1. The van der Waals surface area contributed by atoms with Crippen molar-refractivity contribution in [2.24, 2.45) is 0 Å². The van der Waals surface area contributed by atoms with E-state index in [9.17, 15) is 4.39 Å². The summed E-state index contributed by atoms with van der Waals surface area (Å²) in [6.45, 7) is 0. The van der Waals surface area contributed by atoms with E-state index in [2.05, 4.69) is 0 Å². The minimum atomic E-state index is -0.268. The van der Waals surface area contributed by atoms with Crippen LogP contribution in [0, 0.1) is 5.82 Å². The SMILES string of the molecule is COc1ccc(C=C2C=CC=C2)c(F)c1. The molecule has 0 atom stereocenters. The molecular formula is C13H11FO. The molecule has 2 rings (SSSR count). The van der Waals surface area contributed by atoms with E-state index in [1.807, 2.05) is 24.3 Å². The van der Waals surface area contributed by atoms with Crippen LogP contribution in [0.5, 0.6) is 5.75 Å². The third kappa shape index (κ3) is 2.15. The Morgan fingerprint density at radius 2 is 1.93 bits per heavy atom. The van der Waals surface area contributed by atoms with E-state index in [1.54, 1.807) is 18.2 Å². The quantitative estimate of drug-likeness (QED) is 0.714. The second-order valence-electron chi connectivity index (χ2n) is 3.25. The fourth-order valence-electron chi connectivity index (χ4n) is 1.42. The number of ether oxygens (including phenoxy) is 1. The minimum Gasteiger partial charge on any atom is -0.497 e. The Morgan fingerprint density at radius 1 is 1.20 bits per heavy atom. The lowest BCUT2D eigenvalue weighted by Crippen LogP contribution is -1.87. The van der Waals surface area contributed by atoms with Crippen molar-refractivity contribution in [1.82, 2.24) is 0 Å². The predicted molar refractivity (Wildman–Crippen MR) is 59.2 cm³/mol. The second kappa shape index (κ2) is 4.13. The molecule has 0 aromatic heterocycles. The number of hydrogen-bond acceptors (Lipinski definition) is 1. The largest absolute Gasteiger partial charge is 0.497 e. The van der Waals surface area contributed by atoms with Crippen LogP contribution < -0.4 is 4.74 Å². The topological polar surface area (TPSA) is 9.23 Å². The van der Waals surface area contributed by atoms with Crippen LogP contribution in [0.2, 0.25) is 0 Å². The highest BCUT2D eigenvalue weighted by atomic mass is 19.1. The summed E-state index contributed by atoms with van der Waals surface area (Å²) in [5.74, 6) is 0.266. The summed E-state index contributed by atoms with van der Waals surface area (Å²) >= 11 is 0. The molecule has 15 heavy (non-hydrogen) atoms. The lowest BCUT2D eigenvalue weighted by molar-refractivity contribution is 0.411. The molecule has 1 nitrogen and oxygen atoms in total. The number of benzene rings is 1. The molecule has 1 aromatic rings. The zero-order valence-electron chi connectivity index (χ0n) is 8.41. The minimum absolute atomic E-state index is 0.268. The summed E-state index contributed by atoms with van der Waals surface area (Å²) in [6.07, 6.45) is 9.52. The molecule has 1 aromatic carbocycles. The first-order valence-electron chi connectivity index (χ1n) is 4.69. The summed E-state index contributed by atoms with van der Waals surface area (Å²) in [5, 5.41) is 0. The first-order valence-corrected chi connectivity index (χ1v) is 4.69. The van der Waals surface area contributed by atoms with Gasteiger partial charge >= 0.3 is 0 Å². The average Bonchev–Trinajstić information content (AvgIpc) is 2.74. The van der Waals surface area contributed by atoms with Gasteiger partial charge in [-0.05, 0) is 23.8 Å². The van der Waals surface area contributed by atoms with Gasteiger partial charge in [0.05, 0.1) is 7.11 Å². The summed E-state index contributed by atoms with van der Waals surface area (Å²) in [7, 11) is 1.52. The highest BCUT2D eigenvalue weighted by molar-refractivity contribution is 5.62. The van der Waals surface area contributed by atoms with Crippen LogP contribution in [0.3, 0.4) is 0 Å². The van der Waals surface area contributed by atoms with Crippen molar-refractivity contribution in [2.75, 3.05) is 7.11 Å². The lowest BCUT2D eigenvalue weighted by Gasteiger charge is -2.02. The van der Waals surface area contributed by atoms with Gasteiger partial charge in [-0.3, -0.25) is 0 Å². The Labute approximate surface area is 88.2 Å². The number of hydrogen-bond donors (Lipinski definition) is 0. The Morgan fingerprint density at radius 3 is 2.53 bits per heavy atom. The van der Waals surface area contributed by atoms with Gasteiger partial charge in [0, 0.05) is 11.6 Å². The van der Waals surface area contributed by atoms with E-state index in [0.717, 1.165) is 5.57 Å². The van der Waals surface area contributed by atoms with Gasteiger partial charge in [-0.1, -0.05) is 24.3 Å². The molecule has 76 valence electrons. The Hall–Kier alpha value is -1.83. The van der Waals surface area contributed by atoms with Gasteiger partial charge in [-0.25, -0.2) is 4.39 Å². The molecule has 0 fully saturated rings. The van der Waals surface area contributed by atoms with Gasteiger partial charge in [0.15, 0.2) is 0 Å². The number of rotatable bonds is 2. The molecule has 0 spiro atoms. The molecule has 1 aliphatic carbocycles. The molecule has 0 amide bonds. The van der Waals surface area contributed by atoms with Crippen molar-refractivity contribution in [3.05, 3.63) is 59.5 Å². The summed E-state index contributed by atoms with van der Waals surface area (Å²) in [5.41, 5.74) is 1.57. The lowest BCUT2D eigenvalue weighted by atomic mass is 10.1. The normalized spacial score (nSPS) is 13.3. The van der Waals surface area contributed by atoms with Crippen LogP contribution in [-0.2, 0) is 0 Å². The molecule has 0 N–H and O–H groups in total. The monoisotopic (exact) mass is 202 g/mol. The highest BCUT2D eigenvalue weighted by Gasteiger charge is 2.02. The molecule has 0 aliphatic heterocycles. The zero-order chi connectivity index (χ0) is 10.7.